The van der Waals surface area contributed by atoms with Crippen LogP contribution in [0.1, 0.15) is 24.2 Å². The van der Waals surface area contributed by atoms with Crippen LogP contribution in [0.4, 0.5) is 8.78 Å². The molecule has 2 nitrogen and oxygen atoms in total. The van der Waals surface area contributed by atoms with E-state index < -0.39 is 11.9 Å². The lowest BCUT2D eigenvalue weighted by molar-refractivity contribution is 0.189. The lowest BCUT2D eigenvalue weighted by Crippen LogP contribution is -2.01. The molecule has 2 aromatic rings. The summed E-state index contributed by atoms with van der Waals surface area (Å²) in [6, 6.07) is 9.98. The molecule has 1 unspecified atom stereocenters. The fraction of sp³-hybridized carbons (Fsp3) is 0.200. The minimum Gasteiger partial charge on any atom is -0.489 e. The molecule has 4 heteroatoms. The second-order valence-electron chi connectivity index (χ2n) is 4.28. The molecule has 0 aliphatic rings. The molecule has 0 amide bonds. The highest BCUT2D eigenvalue weighted by atomic mass is 19.1. The van der Waals surface area contributed by atoms with Crippen LogP contribution >= 0.6 is 0 Å². The molecule has 0 saturated carbocycles. The van der Waals surface area contributed by atoms with E-state index >= 15 is 0 Å². The average Bonchev–Trinajstić information content (AvgIpc) is 2.37. The number of ether oxygens (including phenoxy) is 1. The summed E-state index contributed by atoms with van der Waals surface area (Å²) >= 11 is 0. The molecule has 1 N–H and O–H groups in total. The predicted octanol–water partition coefficient (Wildman–Crippen LogP) is 3.60. The molecule has 0 fully saturated rings. The average molecular weight is 264 g/mol. The highest BCUT2D eigenvalue weighted by molar-refractivity contribution is 5.35. The quantitative estimate of drug-likeness (QED) is 0.914. The minimum atomic E-state index is -0.835. The molecule has 0 bridgehead atoms. The van der Waals surface area contributed by atoms with E-state index in [1.165, 1.54) is 37.3 Å². The zero-order valence-corrected chi connectivity index (χ0v) is 10.4. The summed E-state index contributed by atoms with van der Waals surface area (Å²) in [6.07, 6.45) is -0.835. The molecule has 0 heterocycles. The van der Waals surface area contributed by atoms with Crippen LogP contribution in [-0.4, -0.2) is 5.11 Å². The van der Waals surface area contributed by atoms with E-state index in [9.17, 15) is 13.9 Å². The van der Waals surface area contributed by atoms with Crippen LogP contribution in [0.15, 0.2) is 42.5 Å². The number of hydrogen-bond acceptors (Lipinski definition) is 2. The normalized spacial score (nSPS) is 12.2. The Hall–Kier alpha value is -1.94. The number of halogens is 2. The van der Waals surface area contributed by atoms with Crippen molar-refractivity contribution in [3.8, 4) is 5.75 Å². The molecule has 2 aromatic carbocycles. The van der Waals surface area contributed by atoms with Crippen LogP contribution in [0.2, 0.25) is 0 Å². The highest BCUT2D eigenvalue weighted by Crippen LogP contribution is 2.26. The Balaban J connectivity index is 2.15. The van der Waals surface area contributed by atoms with Gasteiger partial charge in [-0.15, -0.1) is 0 Å². The van der Waals surface area contributed by atoms with Gasteiger partial charge in [-0.1, -0.05) is 12.1 Å². The van der Waals surface area contributed by atoms with Gasteiger partial charge in [0, 0.05) is 5.56 Å². The molecule has 100 valence electrons. The van der Waals surface area contributed by atoms with Crippen molar-refractivity contribution in [2.75, 3.05) is 0 Å². The van der Waals surface area contributed by atoms with Gasteiger partial charge >= 0.3 is 0 Å². The SMILES string of the molecule is CC(O)c1cc(F)ccc1OCc1cccc(F)c1. The highest BCUT2D eigenvalue weighted by Gasteiger charge is 2.10. The van der Waals surface area contributed by atoms with Crippen LogP contribution in [0, 0.1) is 11.6 Å². The zero-order chi connectivity index (χ0) is 13.8. The third-order valence-electron chi connectivity index (χ3n) is 2.71. The van der Waals surface area contributed by atoms with E-state index in [1.54, 1.807) is 12.1 Å². The maximum absolute atomic E-state index is 13.1. The Morgan fingerprint density at radius 3 is 2.53 bits per heavy atom. The third-order valence-corrected chi connectivity index (χ3v) is 2.71. The first-order valence-corrected chi connectivity index (χ1v) is 5.91. The lowest BCUT2D eigenvalue weighted by atomic mass is 10.1. The van der Waals surface area contributed by atoms with Crippen molar-refractivity contribution in [2.24, 2.45) is 0 Å². The Morgan fingerprint density at radius 1 is 1.11 bits per heavy atom. The molecule has 0 aliphatic carbocycles. The molecule has 0 aromatic heterocycles. The van der Waals surface area contributed by atoms with Gasteiger partial charge in [-0.3, -0.25) is 0 Å². The van der Waals surface area contributed by atoms with E-state index in [0.717, 1.165) is 0 Å². The van der Waals surface area contributed by atoms with Crippen molar-refractivity contribution < 1.29 is 18.6 Å². The van der Waals surface area contributed by atoms with E-state index in [1.807, 2.05) is 0 Å². The van der Waals surface area contributed by atoms with Gasteiger partial charge in [0.15, 0.2) is 0 Å². The van der Waals surface area contributed by atoms with Crippen molar-refractivity contribution in [1.29, 1.82) is 0 Å². The summed E-state index contributed by atoms with van der Waals surface area (Å²) in [4.78, 5) is 0. The third kappa shape index (κ3) is 3.51. The van der Waals surface area contributed by atoms with Gasteiger partial charge in [-0.2, -0.15) is 0 Å². The maximum atomic E-state index is 13.1. The van der Waals surface area contributed by atoms with Crippen molar-refractivity contribution in [3.05, 3.63) is 65.2 Å². The molecule has 0 aliphatic heterocycles. The molecule has 0 spiro atoms. The molecule has 0 saturated heterocycles. The number of aliphatic hydroxyl groups is 1. The summed E-state index contributed by atoms with van der Waals surface area (Å²) in [5, 5.41) is 9.56. The summed E-state index contributed by atoms with van der Waals surface area (Å²) in [7, 11) is 0. The van der Waals surface area contributed by atoms with Gasteiger partial charge in [0.25, 0.3) is 0 Å². The fourth-order valence-electron chi connectivity index (χ4n) is 1.77. The molecule has 2 rings (SSSR count). The van der Waals surface area contributed by atoms with Gasteiger partial charge in [-0.25, -0.2) is 8.78 Å². The molecular formula is C15H14F2O2. The van der Waals surface area contributed by atoms with E-state index in [-0.39, 0.29) is 12.4 Å². The Kier molecular flexibility index (Phi) is 4.12. The maximum Gasteiger partial charge on any atom is 0.125 e. The van der Waals surface area contributed by atoms with Gasteiger partial charge in [0.1, 0.15) is 24.0 Å². The van der Waals surface area contributed by atoms with Crippen molar-refractivity contribution in [1.82, 2.24) is 0 Å². The van der Waals surface area contributed by atoms with Gasteiger partial charge in [-0.05, 0) is 42.8 Å². The minimum absolute atomic E-state index is 0.156. The largest absolute Gasteiger partial charge is 0.489 e. The van der Waals surface area contributed by atoms with Crippen molar-refractivity contribution >= 4 is 0 Å². The monoisotopic (exact) mass is 264 g/mol. The first kappa shape index (κ1) is 13.5. The predicted molar refractivity (Wildman–Crippen MR) is 67.8 cm³/mol. The number of aliphatic hydroxyl groups excluding tert-OH is 1. The topological polar surface area (TPSA) is 29.5 Å². The summed E-state index contributed by atoms with van der Waals surface area (Å²) in [5.74, 6) is -0.384. The van der Waals surface area contributed by atoms with Gasteiger partial charge in [0.2, 0.25) is 0 Å². The first-order chi connectivity index (χ1) is 9.06. The first-order valence-electron chi connectivity index (χ1n) is 5.91. The number of rotatable bonds is 4. The van der Waals surface area contributed by atoms with E-state index in [4.69, 9.17) is 4.74 Å². The molecule has 0 radical (unpaired) electrons. The second-order valence-corrected chi connectivity index (χ2v) is 4.28. The van der Waals surface area contributed by atoms with Crippen LogP contribution < -0.4 is 4.74 Å². The van der Waals surface area contributed by atoms with Crippen molar-refractivity contribution in [3.63, 3.8) is 0 Å². The summed E-state index contributed by atoms with van der Waals surface area (Å²) in [5.41, 5.74) is 1.04. The standard InChI is InChI=1S/C15H14F2O2/c1-10(18)14-8-13(17)5-6-15(14)19-9-11-3-2-4-12(16)7-11/h2-8,10,18H,9H2,1H3. The van der Waals surface area contributed by atoms with E-state index in [0.29, 0.717) is 16.9 Å². The molecule has 19 heavy (non-hydrogen) atoms. The van der Waals surface area contributed by atoms with Gasteiger partial charge in [0.05, 0.1) is 6.10 Å². The Bertz CT molecular complexity index is 568. The number of hydrogen-bond donors (Lipinski definition) is 1. The zero-order valence-electron chi connectivity index (χ0n) is 10.4. The fourth-order valence-corrected chi connectivity index (χ4v) is 1.77. The van der Waals surface area contributed by atoms with Gasteiger partial charge < -0.3 is 9.84 Å². The van der Waals surface area contributed by atoms with Crippen LogP contribution in [0.5, 0.6) is 5.75 Å². The van der Waals surface area contributed by atoms with E-state index in [2.05, 4.69) is 0 Å². The Morgan fingerprint density at radius 2 is 1.84 bits per heavy atom. The molecule has 1 atom stereocenters. The van der Waals surface area contributed by atoms with Crippen LogP contribution in [0.3, 0.4) is 0 Å². The van der Waals surface area contributed by atoms with Crippen LogP contribution in [0.25, 0.3) is 0 Å². The van der Waals surface area contributed by atoms with Crippen LogP contribution in [-0.2, 0) is 6.61 Å². The van der Waals surface area contributed by atoms with Crippen molar-refractivity contribution in [2.45, 2.75) is 19.6 Å². The lowest BCUT2D eigenvalue weighted by Gasteiger charge is -2.13. The smallest absolute Gasteiger partial charge is 0.125 e. The Labute approximate surface area is 110 Å². The summed E-state index contributed by atoms with van der Waals surface area (Å²) in [6.45, 7) is 1.69. The summed E-state index contributed by atoms with van der Waals surface area (Å²) < 4.78 is 31.6. The second kappa shape index (κ2) is 5.80. The number of benzene rings is 2. The molecular weight excluding hydrogens is 250 g/mol.